The molecule has 0 saturated carbocycles. The minimum absolute atomic E-state index is 0.0422. The number of fused-ring (bicyclic) bond motifs is 1. The Labute approximate surface area is 206 Å². The Kier molecular flexibility index (Phi) is 8.46. The van der Waals surface area contributed by atoms with Gasteiger partial charge in [-0.3, -0.25) is 4.90 Å². The topological polar surface area (TPSA) is 43.8 Å². The molecular weight excluding hydrogens is 486 g/mol. The first kappa shape index (κ1) is 27.7. The molecule has 1 amide bonds. The van der Waals surface area contributed by atoms with Crippen LogP contribution in [0.15, 0.2) is 30.3 Å². The average Bonchev–Trinajstić information content (AvgIpc) is 3.24. The summed E-state index contributed by atoms with van der Waals surface area (Å²) in [6.07, 6.45) is -6.96. The fraction of sp³-hybridized carbons (Fsp3) is 0.500. The van der Waals surface area contributed by atoms with Crippen LogP contribution in [0.3, 0.4) is 0 Å². The molecule has 0 saturated heterocycles. The van der Waals surface area contributed by atoms with Crippen molar-refractivity contribution in [2.24, 2.45) is 0 Å². The molecular formula is C26H30F6N2O2. The van der Waals surface area contributed by atoms with Crippen molar-refractivity contribution in [3.8, 4) is 0 Å². The summed E-state index contributed by atoms with van der Waals surface area (Å²) in [6, 6.07) is 5.21. The molecule has 36 heavy (non-hydrogen) atoms. The number of benzene rings is 2. The van der Waals surface area contributed by atoms with Crippen molar-refractivity contribution < 1.29 is 36.2 Å². The first-order valence-electron chi connectivity index (χ1n) is 12.0. The van der Waals surface area contributed by atoms with Gasteiger partial charge in [0.15, 0.2) is 0 Å². The molecule has 0 radical (unpaired) electrons. The van der Waals surface area contributed by atoms with Gasteiger partial charge in [-0.1, -0.05) is 19.9 Å². The van der Waals surface area contributed by atoms with Gasteiger partial charge < -0.3 is 10.0 Å². The van der Waals surface area contributed by atoms with E-state index >= 15 is 0 Å². The van der Waals surface area contributed by atoms with E-state index in [1.165, 1.54) is 5.56 Å². The summed E-state index contributed by atoms with van der Waals surface area (Å²) in [4.78, 5) is 15.1. The Morgan fingerprint density at radius 3 is 1.83 bits per heavy atom. The third-order valence-electron chi connectivity index (χ3n) is 6.27. The number of rotatable bonds is 9. The molecule has 0 atom stereocenters. The predicted molar refractivity (Wildman–Crippen MR) is 125 cm³/mol. The summed E-state index contributed by atoms with van der Waals surface area (Å²) >= 11 is 0. The molecule has 0 fully saturated rings. The lowest BCUT2D eigenvalue weighted by Crippen LogP contribution is -2.31. The van der Waals surface area contributed by atoms with Crippen LogP contribution >= 0.6 is 0 Å². The van der Waals surface area contributed by atoms with Crippen LogP contribution in [0, 0.1) is 0 Å². The minimum atomic E-state index is -5.00. The van der Waals surface area contributed by atoms with Crippen LogP contribution in [0.4, 0.5) is 36.8 Å². The van der Waals surface area contributed by atoms with Crippen LogP contribution in [0.25, 0.3) is 0 Å². The van der Waals surface area contributed by atoms with Gasteiger partial charge in [-0.25, -0.2) is 4.79 Å². The van der Waals surface area contributed by atoms with E-state index in [0.717, 1.165) is 61.3 Å². The molecule has 1 aliphatic rings. The number of hydrogen-bond acceptors (Lipinski definition) is 2. The Bertz CT molecular complexity index is 1040. The van der Waals surface area contributed by atoms with Crippen LogP contribution in [0.5, 0.6) is 0 Å². The second-order valence-corrected chi connectivity index (χ2v) is 9.14. The summed E-state index contributed by atoms with van der Waals surface area (Å²) in [6.45, 7) is 4.79. The molecule has 2 aromatic carbocycles. The molecule has 1 N–H and O–H groups in total. The smallest absolute Gasteiger partial charge is 0.416 e. The Morgan fingerprint density at radius 1 is 0.833 bits per heavy atom. The number of aryl methyl sites for hydroxylation is 2. The first-order valence-corrected chi connectivity index (χ1v) is 12.0. The summed E-state index contributed by atoms with van der Waals surface area (Å²) < 4.78 is 79.7. The van der Waals surface area contributed by atoms with Crippen LogP contribution in [-0.2, 0) is 38.3 Å². The summed E-state index contributed by atoms with van der Waals surface area (Å²) in [5, 5.41) is 9.85. The van der Waals surface area contributed by atoms with Gasteiger partial charge in [-0.05, 0) is 78.6 Å². The van der Waals surface area contributed by atoms with Gasteiger partial charge in [-0.2, -0.15) is 26.3 Å². The van der Waals surface area contributed by atoms with Gasteiger partial charge in [0.2, 0.25) is 0 Å². The average molecular weight is 517 g/mol. The lowest BCUT2D eigenvalue weighted by Gasteiger charge is -2.29. The molecule has 0 bridgehead atoms. The third-order valence-corrected chi connectivity index (χ3v) is 6.27. The van der Waals surface area contributed by atoms with E-state index in [9.17, 15) is 36.2 Å². The van der Waals surface area contributed by atoms with Crippen LogP contribution < -0.4 is 4.90 Å². The Hall–Kier alpha value is -2.91. The molecule has 198 valence electrons. The number of hydrogen-bond donors (Lipinski definition) is 1. The maximum atomic E-state index is 13.3. The molecule has 0 unspecified atom stereocenters. The second kappa shape index (κ2) is 11.0. The van der Waals surface area contributed by atoms with Gasteiger partial charge in [-0.15, -0.1) is 0 Å². The predicted octanol–water partition coefficient (Wildman–Crippen LogP) is 7.52. The zero-order valence-corrected chi connectivity index (χ0v) is 20.3. The maximum absolute atomic E-state index is 13.3. The number of carbonyl (C=O) groups is 1. The highest BCUT2D eigenvalue weighted by Gasteiger charge is 2.37. The zero-order chi connectivity index (χ0) is 26.7. The van der Waals surface area contributed by atoms with E-state index in [2.05, 4.69) is 11.0 Å². The molecule has 4 nitrogen and oxygen atoms in total. The summed E-state index contributed by atoms with van der Waals surface area (Å²) in [5.41, 5.74) is 0.557. The van der Waals surface area contributed by atoms with Crippen molar-refractivity contribution in [3.63, 3.8) is 0 Å². The van der Waals surface area contributed by atoms with E-state index in [4.69, 9.17) is 0 Å². The molecule has 0 aliphatic heterocycles. The van der Waals surface area contributed by atoms with E-state index in [1.807, 2.05) is 19.9 Å². The van der Waals surface area contributed by atoms with Gasteiger partial charge >= 0.3 is 18.4 Å². The fourth-order valence-corrected chi connectivity index (χ4v) is 4.70. The number of halogens is 6. The monoisotopic (exact) mass is 516 g/mol. The second-order valence-electron chi connectivity index (χ2n) is 9.14. The van der Waals surface area contributed by atoms with Gasteiger partial charge in [0.05, 0.1) is 17.7 Å². The Morgan fingerprint density at radius 2 is 1.36 bits per heavy atom. The standard InChI is InChI=1S/C26H30F6N2O2/c1-3-8-33(9-4-2)23-13-19-7-5-6-18(19)12-20(23)16-34(24(35)36)15-17-10-21(25(27,28)29)14-22(11-17)26(30,31)32/h10-14H,3-9,15-16H2,1-2H3,(H,35,36). The minimum Gasteiger partial charge on any atom is -0.465 e. The molecule has 3 rings (SSSR count). The Balaban J connectivity index is 2.01. The highest BCUT2D eigenvalue weighted by molar-refractivity contribution is 5.67. The first-order chi connectivity index (χ1) is 16.8. The summed E-state index contributed by atoms with van der Waals surface area (Å²) in [7, 11) is 0. The third kappa shape index (κ3) is 6.64. The number of nitrogens with zero attached hydrogens (tertiary/aromatic N) is 2. The molecule has 10 heteroatoms. The van der Waals surface area contributed by atoms with Crippen LogP contribution in [0.2, 0.25) is 0 Å². The van der Waals surface area contributed by atoms with Crippen molar-refractivity contribution in [1.29, 1.82) is 0 Å². The number of anilines is 1. The maximum Gasteiger partial charge on any atom is 0.416 e. The van der Waals surface area contributed by atoms with E-state index in [1.54, 1.807) is 0 Å². The molecule has 2 aromatic rings. The summed E-state index contributed by atoms with van der Waals surface area (Å²) in [5.74, 6) is 0. The number of amides is 1. The lowest BCUT2D eigenvalue weighted by atomic mass is 10.0. The number of carboxylic acid groups (broad SMARTS) is 1. The van der Waals surface area contributed by atoms with Crippen molar-refractivity contribution in [2.75, 3.05) is 18.0 Å². The normalized spacial score (nSPS) is 13.6. The van der Waals surface area contributed by atoms with Gasteiger partial charge in [0.1, 0.15) is 0 Å². The fourth-order valence-electron chi connectivity index (χ4n) is 4.70. The van der Waals surface area contributed by atoms with Crippen LogP contribution in [-0.4, -0.2) is 29.2 Å². The van der Waals surface area contributed by atoms with Crippen molar-refractivity contribution in [3.05, 3.63) is 63.7 Å². The SMILES string of the molecule is CCCN(CCC)c1cc2c(cc1CN(Cc1cc(C(F)(F)F)cc(C(F)(F)F)c1)C(=O)O)CCC2. The lowest BCUT2D eigenvalue weighted by molar-refractivity contribution is -0.143. The molecule has 0 heterocycles. The van der Waals surface area contributed by atoms with Crippen molar-refractivity contribution in [2.45, 2.75) is 71.4 Å². The van der Waals surface area contributed by atoms with E-state index < -0.39 is 36.1 Å². The molecule has 1 aliphatic carbocycles. The van der Waals surface area contributed by atoms with E-state index in [-0.39, 0.29) is 18.2 Å². The molecule has 0 spiro atoms. The number of alkyl halides is 6. The van der Waals surface area contributed by atoms with Crippen molar-refractivity contribution >= 4 is 11.8 Å². The van der Waals surface area contributed by atoms with Gasteiger partial charge in [0, 0.05) is 25.3 Å². The van der Waals surface area contributed by atoms with Crippen LogP contribution in [0.1, 0.15) is 66.5 Å². The zero-order valence-electron chi connectivity index (χ0n) is 20.3. The quantitative estimate of drug-likeness (QED) is 0.351. The molecule has 0 aromatic heterocycles. The van der Waals surface area contributed by atoms with Crippen molar-refractivity contribution in [1.82, 2.24) is 4.90 Å². The largest absolute Gasteiger partial charge is 0.465 e. The highest BCUT2D eigenvalue weighted by Crippen LogP contribution is 2.37. The van der Waals surface area contributed by atoms with E-state index in [0.29, 0.717) is 17.7 Å². The highest BCUT2D eigenvalue weighted by atomic mass is 19.4. The van der Waals surface area contributed by atoms with Gasteiger partial charge in [0.25, 0.3) is 0 Å².